The number of primary amides is 1. The zero-order chi connectivity index (χ0) is 11.1. The van der Waals surface area contributed by atoms with E-state index in [0.29, 0.717) is 18.3 Å². The monoisotopic (exact) mass is 210 g/mol. The number of ether oxygens (including phenoxy) is 1. The van der Waals surface area contributed by atoms with Crippen LogP contribution in [0.25, 0.3) is 0 Å². The molecule has 3 N–H and O–H groups in total. The predicted octanol–water partition coefficient (Wildman–Crippen LogP) is 0.163. The zero-order valence-corrected chi connectivity index (χ0v) is 8.56. The molecule has 6 heteroatoms. The number of hydrogen-bond donors (Lipinski definition) is 2. The van der Waals surface area contributed by atoms with Gasteiger partial charge in [-0.1, -0.05) is 6.92 Å². The van der Waals surface area contributed by atoms with Crippen LogP contribution in [-0.4, -0.2) is 29.0 Å². The molecule has 0 aliphatic rings. The molecule has 1 amide bonds. The Balaban J connectivity index is 2.53. The van der Waals surface area contributed by atoms with Crippen molar-refractivity contribution >= 4 is 11.7 Å². The largest absolute Gasteiger partial charge is 0.478 e. The number of amides is 1. The molecule has 1 aromatic rings. The van der Waals surface area contributed by atoms with Gasteiger partial charge < -0.3 is 15.8 Å². The maximum absolute atomic E-state index is 10.5. The lowest BCUT2D eigenvalue weighted by Gasteiger charge is -2.05. The summed E-state index contributed by atoms with van der Waals surface area (Å²) in [5.74, 6) is 0.568. The van der Waals surface area contributed by atoms with Crippen LogP contribution in [0, 0.1) is 0 Å². The lowest BCUT2D eigenvalue weighted by molar-refractivity contribution is -0.116. The summed E-state index contributed by atoms with van der Waals surface area (Å²) in [6.07, 6.45) is 2.28. The van der Waals surface area contributed by atoms with Crippen molar-refractivity contribution in [1.29, 1.82) is 0 Å². The van der Waals surface area contributed by atoms with Gasteiger partial charge in [-0.3, -0.25) is 4.79 Å². The lowest BCUT2D eigenvalue weighted by Crippen LogP contribution is -2.22. The second kappa shape index (κ2) is 5.79. The molecule has 0 saturated heterocycles. The molecular formula is C9H14N4O2. The first-order chi connectivity index (χ1) is 7.22. The number of nitrogens with two attached hydrogens (primary N) is 1. The summed E-state index contributed by atoms with van der Waals surface area (Å²) in [7, 11) is 0. The van der Waals surface area contributed by atoms with E-state index in [0.717, 1.165) is 6.42 Å². The smallest absolute Gasteiger partial charge is 0.236 e. The normalized spacial score (nSPS) is 9.67. The maximum atomic E-state index is 10.5. The van der Waals surface area contributed by atoms with Crippen molar-refractivity contribution in [2.45, 2.75) is 13.3 Å². The fourth-order valence-corrected chi connectivity index (χ4v) is 0.899. The number of nitrogens with zero attached hydrogens (tertiary/aromatic N) is 2. The minimum absolute atomic E-state index is 0.0459. The van der Waals surface area contributed by atoms with Gasteiger partial charge >= 0.3 is 0 Å². The fraction of sp³-hybridized carbons (Fsp3) is 0.444. The third-order valence-electron chi connectivity index (χ3n) is 1.54. The van der Waals surface area contributed by atoms with E-state index in [1.54, 1.807) is 6.07 Å². The Labute approximate surface area is 87.9 Å². The zero-order valence-electron chi connectivity index (χ0n) is 8.56. The van der Waals surface area contributed by atoms with E-state index in [9.17, 15) is 4.79 Å². The van der Waals surface area contributed by atoms with Crippen molar-refractivity contribution in [2.24, 2.45) is 5.73 Å². The van der Waals surface area contributed by atoms with E-state index in [1.807, 2.05) is 6.92 Å². The molecular weight excluding hydrogens is 196 g/mol. The van der Waals surface area contributed by atoms with Crippen LogP contribution in [0.1, 0.15) is 13.3 Å². The van der Waals surface area contributed by atoms with Crippen LogP contribution in [0.5, 0.6) is 5.88 Å². The van der Waals surface area contributed by atoms with E-state index in [4.69, 9.17) is 10.5 Å². The fourth-order valence-electron chi connectivity index (χ4n) is 0.899. The summed E-state index contributed by atoms with van der Waals surface area (Å²) in [6, 6.07) is 1.62. The molecule has 1 aromatic heterocycles. The van der Waals surface area contributed by atoms with Crippen LogP contribution < -0.4 is 15.8 Å². The molecule has 1 rings (SSSR count). The third kappa shape index (κ3) is 4.26. The molecule has 0 aliphatic carbocycles. The van der Waals surface area contributed by atoms with Crippen LogP contribution in [0.4, 0.5) is 5.82 Å². The number of nitrogens with one attached hydrogen (secondary N) is 1. The van der Waals surface area contributed by atoms with Crippen molar-refractivity contribution in [1.82, 2.24) is 9.97 Å². The van der Waals surface area contributed by atoms with E-state index in [2.05, 4.69) is 15.3 Å². The van der Waals surface area contributed by atoms with Gasteiger partial charge in [-0.25, -0.2) is 9.97 Å². The van der Waals surface area contributed by atoms with Crippen LogP contribution in [0.2, 0.25) is 0 Å². The Morgan fingerprint density at radius 1 is 1.60 bits per heavy atom. The SMILES string of the molecule is CCCOc1cc(NCC(N)=O)ncn1. The molecule has 6 nitrogen and oxygen atoms in total. The van der Waals surface area contributed by atoms with Gasteiger partial charge in [0.15, 0.2) is 0 Å². The van der Waals surface area contributed by atoms with Crippen LogP contribution in [0.15, 0.2) is 12.4 Å². The number of carbonyl (C=O) groups is 1. The molecule has 0 aromatic carbocycles. The molecule has 15 heavy (non-hydrogen) atoms. The first kappa shape index (κ1) is 11.2. The molecule has 0 radical (unpaired) electrons. The second-order valence-corrected chi connectivity index (χ2v) is 2.91. The molecule has 1 heterocycles. The summed E-state index contributed by atoms with van der Waals surface area (Å²) in [5, 5.41) is 2.76. The Hall–Kier alpha value is -1.85. The molecule has 82 valence electrons. The molecule has 0 saturated carbocycles. The number of anilines is 1. The summed E-state index contributed by atoms with van der Waals surface area (Å²) in [6.45, 7) is 2.66. The van der Waals surface area contributed by atoms with Crippen molar-refractivity contribution in [3.8, 4) is 5.88 Å². The van der Waals surface area contributed by atoms with Gasteiger partial charge in [0.2, 0.25) is 11.8 Å². The van der Waals surface area contributed by atoms with E-state index in [1.165, 1.54) is 6.33 Å². The quantitative estimate of drug-likeness (QED) is 0.698. The van der Waals surface area contributed by atoms with Gasteiger partial charge in [0, 0.05) is 6.07 Å². The maximum Gasteiger partial charge on any atom is 0.236 e. The first-order valence-electron chi connectivity index (χ1n) is 4.69. The Bertz CT molecular complexity index is 330. The van der Waals surface area contributed by atoms with Crippen molar-refractivity contribution in [2.75, 3.05) is 18.5 Å². The standard InChI is InChI=1S/C9H14N4O2/c1-2-3-15-9-4-8(12-6-13-9)11-5-7(10)14/h4,6H,2-3,5H2,1H3,(H2,10,14)(H,11,12,13). The Morgan fingerprint density at radius 2 is 2.40 bits per heavy atom. The van der Waals surface area contributed by atoms with Gasteiger partial charge in [-0.15, -0.1) is 0 Å². The molecule has 0 unspecified atom stereocenters. The van der Waals surface area contributed by atoms with E-state index >= 15 is 0 Å². The second-order valence-electron chi connectivity index (χ2n) is 2.91. The average Bonchev–Trinajstić information content (AvgIpc) is 2.24. The first-order valence-corrected chi connectivity index (χ1v) is 4.69. The summed E-state index contributed by atoms with van der Waals surface area (Å²) in [5.41, 5.74) is 4.98. The average molecular weight is 210 g/mol. The lowest BCUT2D eigenvalue weighted by atomic mass is 10.5. The van der Waals surface area contributed by atoms with Crippen LogP contribution >= 0.6 is 0 Å². The molecule has 0 bridgehead atoms. The van der Waals surface area contributed by atoms with Crippen molar-refractivity contribution in [3.05, 3.63) is 12.4 Å². The Kier molecular flexibility index (Phi) is 4.33. The van der Waals surface area contributed by atoms with Crippen LogP contribution in [0.3, 0.4) is 0 Å². The number of hydrogen-bond acceptors (Lipinski definition) is 5. The van der Waals surface area contributed by atoms with Crippen molar-refractivity contribution in [3.63, 3.8) is 0 Å². The topological polar surface area (TPSA) is 90.1 Å². The van der Waals surface area contributed by atoms with Crippen molar-refractivity contribution < 1.29 is 9.53 Å². The highest BCUT2D eigenvalue weighted by Gasteiger charge is 2.00. The Morgan fingerprint density at radius 3 is 3.07 bits per heavy atom. The number of rotatable bonds is 6. The van der Waals surface area contributed by atoms with Gasteiger partial charge in [0.1, 0.15) is 12.1 Å². The van der Waals surface area contributed by atoms with E-state index in [-0.39, 0.29) is 6.54 Å². The van der Waals surface area contributed by atoms with E-state index < -0.39 is 5.91 Å². The minimum Gasteiger partial charge on any atom is -0.478 e. The number of carbonyl (C=O) groups excluding carboxylic acids is 1. The van der Waals surface area contributed by atoms with Gasteiger partial charge in [0.05, 0.1) is 13.2 Å². The molecule has 0 aliphatic heterocycles. The van der Waals surface area contributed by atoms with Gasteiger partial charge in [0.25, 0.3) is 0 Å². The summed E-state index contributed by atoms with van der Waals surface area (Å²) < 4.78 is 5.30. The molecule has 0 fully saturated rings. The highest BCUT2D eigenvalue weighted by molar-refractivity contribution is 5.78. The molecule has 0 atom stereocenters. The minimum atomic E-state index is -0.440. The highest BCUT2D eigenvalue weighted by Crippen LogP contribution is 2.10. The molecule has 0 spiro atoms. The number of aromatic nitrogens is 2. The third-order valence-corrected chi connectivity index (χ3v) is 1.54. The highest BCUT2D eigenvalue weighted by atomic mass is 16.5. The summed E-state index contributed by atoms with van der Waals surface area (Å²) >= 11 is 0. The predicted molar refractivity (Wildman–Crippen MR) is 55.5 cm³/mol. The van der Waals surface area contributed by atoms with Gasteiger partial charge in [-0.2, -0.15) is 0 Å². The summed E-state index contributed by atoms with van der Waals surface area (Å²) in [4.78, 5) is 18.3. The van der Waals surface area contributed by atoms with Gasteiger partial charge in [-0.05, 0) is 6.42 Å². The van der Waals surface area contributed by atoms with Crippen LogP contribution in [-0.2, 0) is 4.79 Å².